The van der Waals surface area contributed by atoms with Gasteiger partial charge < -0.3 is 9.15 Å². The average Bonchev–Trinajstić information content (AvgIpc) is 3.09. The number of ether oxygens (including phenoxy) is 1. The Labute approximate surface area is 139 Å². The largest absolute Gasteiger partial charge is 0.484 e. The van der Waals surface area contributed by atoms with Crippen LogP contribution in [0.25, 0.3) is 22.2 Å². The SMILES string of the molecule is Cc1cccc(-c2nnc(COc3ccc4ccccc4c3)o2)c1. The summed E-state index contributed by atoms with van der Waals surface area (Å²) in [7, 11) is 0. The van der Waals surface area contributed by atoms with Crippen LogP contribution in [0.4, 0.5) is 0 Å². The Kier molecular flexibility index (Phi) is 3.71. The van der Waals surface area contributed by atoms with E-state index in [0.29, 0.717) is 11.8 Å². The molecule has 0 bridgehead atoms. The van der Waals surface area contributed by atoms with Crippen molar-refractivity contribution in [3.05, 3.63) is 78.2 Å². The summed E-state index contributed by atoms with van der Waals surface area (Å²) in [6.07, 6.45) is 0. The third-order valence-electron chi connectivity index (χ3n) is 3.82. The van der Waals surface area contributed by atoms with E-state index in [1.165, 1.54) is 5.39 Å². The van der Waals surface area contributed by atoms with Gasteiger partial charge in [0.25, 0.3) is 5.89 Å². The van der Waals surface area contributed by atoms with E-state index in [0.717, 1.165) is 22.3 Å². The summed E-state index contributed by atoms with van der Waals surface area (Å²) < 4.78 is 11.5. The fraction of sp³-hybridized carbons (Fsp3) is 0.100. The lowest BCUT2D eigenvalue weighted by molar-refractivity contribution is 0.265. The minimum absolute atomic E-state index is 0.247. The molecule has 0 amide bonds. The van der Waals surface area contributed by atoms with Crippen molar-refractivity contribution in [2.24, 2.45) is 0 Å². The third kappa shape index (κ3) is 2.99. The first-order chi connectivity index (χ1) is 11.8. The van der Waals surface area contributed by atoms with E-state index in [-0.39, 0.29) is 6.61 Å². The first-order valence-corrected chi connectivity index (χ1v) is 7.79. The second-order valence-electron chi connectivity index (χ2n) is 5.67. The zero-order valence-corrected chi connectivity index (χ0v) is 13.3. The van der Waals surface area contributed by atoms with Crippen molar-refractivity contribution >= 4 is 10.8 Å². The Hall–Kier alpha value is -3.14. The van der Waals surface area contributed by atoms with E-state index < -0.39 is 0 Å². The number of rotatable bonds is 4. The number of nitrogens with zero attached hydrogens (tertiary/aromatic N) is 2. The molecule has 118 valence electrons. The molecule has 3 aromatic carbocycles. The van der Waals surface area contributed by atoms with E-state index >= 15 is 0 Å². The second kappa shape index (κ2) is 6.16. The van der Waals surface area contributed by atoms with Gasteiger partial charge >= 0.3 is 0 Å². The summed E-state index contributed by atoms with van der Waals surface area (Å²) in [5.41, 5.74) is 2.07. The van der Waals surface area contributed by atoms with Crippen molar-refractivity contribution in [3.63, 3.8) is 0 Å². The van der Waals surface area contributed by atoms with Crippen molar-refractivity contribution in [1.29, 1.82) is 0 Å². The van der Waals surface area contributed by atoms with Crippen molar-refractivity contribution in [3.8, 4) is 17.2 Å². The Morgan fingerprint density at radius 3 is 2.62 bits per heavy atom. The van der Waals surface area contributed by atoms with E-state index in [4.69, 9.17) is 9.15 Å². The fourth-order valence-corrected chi connectivity index (χ4v) is 2.61. The lowest BCUT2D eigenvalue weighted by Crippen LogP contribution is -1.95. The fourth-order valence-electron chi connectivity index (χ4n) is 2.61. The maximum absolute atomic E-state index is 5.78. The lowest BCUT2D eigenvalue weighted by Gasteiger charge is -2.04. The molecular weight excluding hydrogens is 300 g/mol. The molecule has 0 fully saturated rings. The first kappa shape index (κ1) is 14.5. The predicted molar refractivity (Wildman–Crippen MR) is 92.8 cm³/mol. The monoisotopic (exact) mass is 316 g/mol. The molecule has 4 rings (SSSR count). The summed E-state index contributed by atoms with van der Waals surface area (Å²) in [6.45, 7) is 2.28. The van der Waals surface area contributed by atoms with E-state index in [1.807, 2.05) is 61.5 Å². The summed E-state index contributed by atoms with van der Waals surface area (Å²) in [5, 5.41) is 10.5. The molecule has 0 aliphatic carbocycles. The zero-order chi connectivity index (χ0) is 16.4. The molecule has 1 aromatic heterocycles. The van der Waals surface area contributed by atoms with Crippen LogP contribution in [0.2, 0.25) is 0 Å². The molecule has 4 heteroatoms. The third-order valence-corrected chi connectivity index (χ3v) is 3.82. The van der Waals surface area contributed by atoms with E-state index in [2.05, 4.69) is 22.3 Å². The smallest absolute Gasteiger partial charge is 0.254 e. The van der Waals surface area contributed by atoms with Crippen LogP contribution in [0.15, 0.2) is 71.1 Å². The van der Waals surface area contributed by atoms with E-state index in [1.54, 1.807) is 0 Å². The molecular formula is C20H16N2O2. The normalized spacial score (nSPS) is 10.9. The highest BCUT2D eigenvalue weighted by atomic mass is 16.5. The molecule has 1 heterocycles. The van der Waals surface area contributed by atoms with Gasteiger partial charge in [-0.05, 0) is 42.0 Å². The summed E-state index contributed by atoms with van der Waals surface area (Å²) >= 11 is 0. The molecule has 0 saturated carbocycles. The standard InChI is InChI=1S/C20H16N2O2/c1-14-5-4-8-17(11-14)20-22-21-19(24-20)13-23-18-10-9-15-6-2-3-7-16(15)12-18/h2-12H,13H2,1H3. The maximum atomic E-state index is 5.78. The van der Waals surface area contributed by atoms with Gasteiger partial charge in [-0.2, -0.15) is 0 Å². The first-order valence-electron chi connectivity index (χ1n) is 7.79. The number of hydrogen-bond donors (Lipinski definition) is 0. The van der Waals surface area contributed by atoms with Gasteiger partial charge in [-0.3, -0.25) is 0 Å². The van der Waals surface area contributed by atoms with Gasteiger partial charge in [0.15, 0.2) is 6.61 Å². The van der Waals surface area contributed by atoms with E-state index in [9.17, 15) is 0 Å². The number of benzene rings is 3. The van der Waals surface area contributed by atoms with Crippen molar-refractivity contribution in [1.82, 2.24) is 10.2 Å². The van der Waals surface area contributed by atoms with Gasteiger partial charge in [0, 0.05) is 5.56 Å². The second-order valence-corrected chi connectivity index (χ2v) is 5.67. The molecule has 4 nitrogen and oxygen atoms in total. The van der Waals surface area contributed by atoms with Crippen LogP contribution in [0.3, 0.4) is 0 Å². The number of aromatic nitrogens is 2. The molecule has 0 spiro atoms. The average molecular weight is 316 g/mol. The quantitative estimate of drug-likeness (QED) is 0.544. The van der Waals surface area contributed by atoms with Crippen LogP contribution in [-0.2, 0) is 6.61 Å². The number of aryl methyl sites for hydroxylation is 1. The van der Waals surface area contributed by atoms with Gasteiger partial charge in [-0.15, -0.1) is 10.2 Å². The minimum atomic E-state index is 0.247. The molecule has 0 radical (unpaired) electrons. The maximum Gasteiger partial charge on any atom is 0.254 e. The van der Waals surface area contributed by atoms with Crippen LogP contribution in [0, 0.1) is 6.92 Å². The van der Waals surface area contributed by atoms with Gasteiger partial charge in [0.05, 0.1) is 0 Å². The molecule has 0 aliphatic rings. The van der Waals surface area contributed by atoms with Gasteiger partial charge in [0.1, 0.15) is 5.75 Å². The van der Waals surface area contributed by atoms with Crippen LogP contribution in [-0.4, -0.2) is 10.2 Å². The Balaban J connectivity index is 1.49. The van der Waals surface area contributed by atoms with Crippen LogP contribution in [0.5, 0.6) is 5.75 Å². The predicted octanol–water partition coefficient (Wildman–Crippen LogP) is 4.78. The highest BCUT2D eigenvalue weighted by Gasteiger charge is 2.09. The zero-order valence-electron chi connectivity index (χ0n) is 13.3. The topological polar surface area (TPSA) is 48.2 Å². The highest BCUT2D eigenvalue weighted by molar-refractivity contribution is 5.83. The summed E-state index contributed by atoms with van der Waals surface area (Å²) in [5.74, 6) is 1.75. The molecule has 0 saturated heterocycles. The molecule has 0 atom stereocenters. The lowest BCUT2D eigenvalue weighted by atomic mass is 10.1. The summed E-state index contributed by atoms with van der Waals surface area (Å²) in [4.78, 5) is 0. The van der Waals surface area contributed by atoms with Gasteiger partial charge in [-0.25, -0.2) is 0 Å². The van der Waals surface area contributed by atoms with Gasteiger partial charge in [-0.1, -0.05) is 48.0 Å². The van der Waals surface area contributed by atoms with Crippen LogP contribution in [0.1, 0.15) is 11.5 Å². The molecule has 4 aromatic rings. The van der Waals surface area contributed by atoms with Gasteiger partial charge in [0.2, 0.25) is 5.89 Å². The van der Waals surface area contributed by atoms with Crippen molar-refractivity contribution in [2.45, 2.75) is 13.5 Å². The Bertz CT molecular complexity index is 992. The number of fused-ring (bicyclic) bond motifs is 1. The van der Waals surface area contributed by atoms with Crippen molar-refractivity contribution < 1.29 is 9.15 Å². The Morgan fingerprint density at radius 1 is 0.875 bits per heavy atom. The molecule has 24 heavy (non-hydrogen) atoms. The highest BCUT2D eigenvalue weighted by Crippen LogP contribution is 2.22. The minimum Gasteiger partial charge on any atom is -0.484 e. The molecule has 0 aliphatic heterocycles. The van der Waals surface area contributed by atoms with Crippen LogP contribution < -0.4 is 4.74 Å². The van der Waals surface area contributed by atoms with Crippen molar-refractivity contribution in [2.75, 3.05) is 0 Å². The Morgan fingerprint density at radius 2 is 1.75 bits per heavy atom. The molecule has 0 N–H and O–H groups in total. The number of hydrogen-bond acceptors (Lipinski definition) is 4. The van der Waals surface area contributed by atoms with Crippen LogP contribution >= 0.6 is 0 Å². The molecule has 0 unspecified atom stereocenters. The summed E-state index contributed by atoms with van der Waals surface area (Å²) in [6, 6.07) is 22.1.